The van der Waals surface area contributed by atoms with Crippen LogP contribution >= 0.6 is 0 Å². The molecule has 1 saturated carbocycles. The van der Waals surface area contributed by atoms with Gasteiger partial charge in [0.05, 0.1) is 0 Å². The zero-order valence-corrected chi connectivity index (χ0v) is 17.2. The van der Waals surface area contributed by atoms with Crippen LogP contribution in [0.25, 0.3) is 10.8 Å². The predicted octanol–water partition coefficient (Wildman–Crippen LogP) is 4.78. The lowest BCUT2D eigenvalue weighted by Crippen LogP contribution is -2.45. The molecule has 0 radical (unpaired) electrons. The molecule has 2 aliphatic rings. The van der Waals surface area contributed by atoms with Crippen molar-refractivity contribution in [1.82, 2.24) is 10.2 Å². The fourth-order valence-electron chi connectivity index (χ4n) is 4.97. The molecule has 4 nitrogen and oxygen atoms in total. The standard InChI is InChI=1S/C25H32N2O2/c28-24(23-15-7-13-20-10-5-6-14-22(20)23)26-17-19-9-8-16-27(18-19)25(29)21-11-3-1-2-4-12-21/h5-7,10,13-15,19,21H,1-4,8-9,11-12,16-18H2,(H,26,28). The Morgan fingerprint density at radius 1 is 0.897 bits per heavy atom. The van der Waals surface area contributed by atoms with E-state index in [2.05, 4.69) is 10.2 Å². The number of carbonyl (C=O) groups is 2. The van der Waals surface area contributed by atoms with E-state index in [4.69, 9.17) is 0 Å². The summed E-state index contributed by atoms with van der Waals surface area (Å²) in [5, 5.41) is 5.20. The highest BCUT2D eigenvalue weighted by molar-refractivity contribution is 6.07. The number of nitrogens with zero attached hydrogens (tertiary/aromatic N) is 1. The lowest BCUT2D eigenvalue weighted by molar-refractivity contribution is -0.137. The minimum Gasteiger partial charge on any atom is -0.352 e. The van der Waals surface area contributed by atoms with Gasteiger partial charge in [0.1, 0.15) is 0 Å². The second-order valence-electron chi connectivity index (χ2n) is 8.72. The molecule has 4 rings (SSSR count). The molecule has 1 unspecified atom stereocenters. The van der Waals surface area contributed by atoms with Crippen molar-refractivity contribution < 1.29 is 9.59 Å². The van der Waals surface area contributed by atoms with Crippen molar-refractivity contribution in [2.24, 2.45) is 11.8 Å². The number of hydrogen-bond acceptors (Lipinski definition) is 2. The maximum Gasteiger partial charge on any atom is 0.251 e. The zero-order valence-electron chi connectivity index (χ0n) is 17.2. The highest BCUT2D eigenvalue weighted by Crippen LogP contribution is 2.27. The van der Waals surface area contributed by atoms with Crippen molar-refractivity contribution in [3.05, 3.63) is 48.0 Å². The third kappa shape index (κ3) is 4.80. The van der Waals surface area contributed by atoms with E-state index in [0.717, 1.165) is 55.1 Å². The normalized spacial score (nSPS) is 21.0. The second kappa shape index (κ2) is 9.43. The molecule has 1 atom stereocenters. The molecule has 1 saturated heterocycles. The summed E-state index contributed by atoms with van der Waals surface area (Å²) in [6.45, 7) is 2.30. The van der Waals surface area contributed by atoms with Gasteiger partial charge in [-0.1, -0.05) is 62.1 Å². The average Bonchev–Trinajstić information content (AvgIpc) is 3.06. The first-order valence-corrected chi connectivity index (χ1v) is 11.3. The third-order valence-electron chi connectivity index (χ3n) is 6.62. The minimum atomic E-state index is -0.0194. The summed E-state index contributed by atoms with van der Waals surface area (Å²) in [5.41, 5.74) is 0.727. The van der Waals surface area contributed by atoms with E-state index >= 15 is 0 Å². The summed E-state index contributed by atoms with van der Waals surface area (Å²) >= 11 is 0. The molecular formula is C25H32N2O2. The van der Waals surface area contributed by atoms with Crippen LogP contribution in [-0.4, -0.2) is 36.3 Å². The Labute approximate surface area is 173 Å². The molecule has 1 aliphatic heterocycles. The summed E-state index contributed by atoms with van der Waals surface area (Å²) < 4.78 is 0. The van der Waals surface area contributed by atoms with Gasteiger partial charge in [-0.05, 0) is 48.4 Å². The van der Waals surface area contributed by atoms with E-state index in [0.29, 0.717) is 18.4 Å². The van der Waals surface area contributed by atoms with Crippen LogP contribution in [0.15, 0.2) is 42.5 Å². The quantitative estimate of drug-likeness (QED) is 0.762. The van der Waals surface area contributed by atoms with Gasteiger partial charge in [-0.3, -0.25) is 9.59 Å². The van der Waals surface area contributed by atoms with Gasteiger partial charge in [0.2, 0.25) is 5.91 Å². The average molecular weight is 393 g/mol. The van der Waals surface area contributed by atoms with Crippen LogP contribution in [0, 0.1) is 11.8 Å². The number of carbonyl (C=O) groups excluding carboxylic acids is 2. The van der Waals surface area contributed by atoms with E-state index < -0.39 is 0 Å². The second-order valence-corrected chi connectivity index (χ2v) is 8.72. The fraction of sp³-hybridized carbons (Fsp3) is 0.520. The summed E-state index contributed by atoms with van der Waals surface area (Å²) in [4.78, 5) is 27.9. The van der Waals surface area contributed by atoms with Gasteiger partial charge in [0, 0.05) is 31.1 Å². The SMILES string of the molecule is O=C(NCC1CCCN(C(=O)C2CCCCCC2)C1)c1cccc2ccccc12. The molecule has 0 aromatic heterocycles. The number of hydrogen-bond donors (Lipinski definition) is 1. The van der Waals surface area contributed by atoms with Crippen molar-refractivity contribution >= 4 is 22.6 Å². The van der Waals surface area contributed by atoms with Crippen molar-refractivity contribution in [3.63, 3.8) is 0 Å². The molecule has 2 fully saturated rings. The van der Waals surface area contributed by atoms with Crippen molar-refractivity contribution in [2.75, 3.05) is 19.6 Å². The van der Waals surface area contributed by atoms with Crippen molar-refractivity contribution in [3.8, 4) is 0 Å². The Kier molecular flexibility index (Phi) is 6.48. The van der Waals surface area contributed by atoms with Crippen molar-refractivity contribution in [2.45, 2.75) is 51.4 Å². The largest absolute Gasteiger partial charge is 0.352 e. The fourth-order valence-corrected chi connectivity index (χ4v) is 4.97. The van der Waals surface area contributed by atoms with Crippen LogP contribution in [-0.2, 0) is 4.79 Å². The molecule has 2 amide bonds. The van der Waals surface area contributed by atoms with Crippen LogP contribution in [0.4, 0.5) is 0 Å². The monoisotopic (exact) mass is 392 g/mol. The number of amides is 2. The first kappa shape index (κ1) is 19.9. The van der Waals surface area contributed by atoms with Crippen LogP contribution in [0.5, 0.6) is 0 Å². The zero-order chi connectivity index (χ0) is 20.1. The molecule has 154 valence electrons. The van der Waals surface area contributed by atoms with E-state index in [1.165, 1.54) is 25.7 Å². The van der Waals surface area contributed by atoms with Gasteiger partial charge in [0.15, 0.2) is 0 Å². The van der Waals surface area contributed by atoms with Gasteiger partial charge in [0.25, 0.3) is 5.91 Å². The summed E-state index contributed by atoms with van der Waals surface area (Å²) in [6.07, 6.45) is 9.13. The first-order chi connectivity index (χ1) is 14.2. The molecule has 0 bridgehead atoms. The summed E-state index contributed by atoms with van der Waals surface area (Å²) in [6, 6.07) is 13.8. The number of nitrogens with one attached hydrogen (secondary N) is 1. The maximum atomic E-state index is 13.0. The Balaban J connectivity index is 1.34. The number of likely N-dealkylation sites (tertiary alicyclic amines) is 1. The van der Waals surface area contributed by atoms with Gasteiger partial charge in [-0.2, -0.15) is 0 Å². The number of piperidine rings is 1. The van der Waals surface area contributed by atoms with Crippen LogP contribution in [0.1, 0.15) is 61.7 Å². The van der Waals surface area contributed by atoms with E-state index in [-0.39, 0.29) is 11.8 Å². The van der Waals surface area contributed by atoms with Crippen molar-refractivity contribution in [1.29, 1.82) is 0 Å². The van der Waals surface area contributed by atoms with Gasteiger partial charge in [-0.25, -0.2) is 0 Å². The minimum absolute atomic E-state index is 0.0194. The molecular weight excluding hydrogens is 360 g/mol. The maximum absolute atomic E-state index is 13.0. The highest BCUT2D eigenvalue weighted by atomic mass is 16.2. The smallest absolute Gasteiger partial charge is 0.251 e. The molecule has 2 aromatic rings. The Morgan fingerprint density at radius 3 is 2.48 bits per heavy atom. The third-order valence-corrected chi connectivity index (χ3v) is 6.62. The molecule has 4 heteroatoms. The Bertz CT molecular complexity index is 850. The lowest BCUT2D eigenvalue weighted by Gasteiger charge is -2.35. The van der Waals surface area contributed by atoms with E-state index in [1.54, 1.807) is 0 Å². The molecule has 1 aliphatic carbocycles. The van der Waals surface area contributed by atoms with Crippen LogP contribution < -0.4 is 5.32 Å². The molecule has 0 spiro atoms. The number of fused-ring (bicyclic) bond motifs is 1. The molecule has 1 N–H and O–H groups in total. The number of benzene rings is 2. The summed E-state index contributed by atoms with van der Waals surface area (Å²) in [7, 11) is 0. The topological polar surface area (TPSA) is 49.4 Å². The summed E-state index contributed by atoms with van der Waals surface area (Å²) in [5.74, 6) is 0.907. The van der Waals surface area contributed by atoms with E-state index in [9.17, 15) is 9.59 Å². The van der Waals surface area contributed by atoms with Crippen LogP contribution in [0.2, 0.25) is 0 Å². The lowest BCUT2D eigenvalue weighted by atomic mass is 9.93. The predicted molar refractivity (Wildman–Crippen MR) is 117 cm³/mol. The molecule has 29 heavy (non-hydrogen) atoms. The van der Waals surface area contributed by atoms with Gasteiger partial charge >= 0.3 is 0 Å². The molecule has 2 aromatic carbocycles. The molecule has 1 heterocycles. The Hall–Kier alpha value is -2.36. The first-order valence-electron chi connectivity index (χ1n) is 11.3. The Morgan fingerprint density at radius 2 is 1.66 bits per heavy atom. The highest BCUT2D eigenvalue weighted by Gasteiger charge is 2.29. The van der Waals surface area contributed by atoms with Crippen LogP contribution in [0.3, 0.4) is 0 Å². The number of rotatable bonds is 4. The van der Waals surface area contributed by atoms with Gasteiger partial charge in [-0.15, -0.1) is 0 Å². The van der Waals surface area contributed by atoms with E-state index in [1.807, 2.05) is 42.5 Å². The van der Waals surface area contributed by atoms with Gasteiger partial charge < -0.3 is 10.2 Å².